The molecule has 0 aromatic heterocycles. The Balaban J connectivity index is 1.13. The molecule has 1 atom stereocenters. The van der Waals surface area contributed by atoms with E-state index in [0.717, 1.165) is 44.7 Å². The summed E-state index contributed by atoms with van der Waals surface area (Å²) in [6.07, 6.45) is 1.74. The van der Waals surface area contributed by atoms with Crippen LogP contribution < -0.4 is 5.32 Å². The fourth-order valence-corrected chi connectivity index (χ4v) is 6.28. The monoisotopic (exact) mass is 522 g/mol. The van der Waals surface area contributed by atoms with Crippen LogP contribution >= 0.6 is 0 Å². The van der Waals surface area contributed by atoms with E-state index in [1.54, 1.807) is 4.90 Å². The van der Waals surface area contributed by atoms with E-state index in [2.05, 4.69) is 81.8 Å². The molecule has 3 aromatic carbocycles. The summed E-state index contributed by atoms with van der Waals surface area (Å²) in [5.41, 5.74) is 5.45. The number of hydrogen-bond donors (Lipinski definition) is 1. The zero-order valence-electron chi connectivity index (χ0n) is 22.1. The van der Waals surface area contributed by atoms with Gasteiger partial charge in [0.25, 0.3) is 5.91 Å². The first kappa shape index (κ1) is 25.5. The fraction of sp³-hybridized carbons (Fsp3) is 0.344. The largest absolute Gasteiger partial charge is 0.322 e. The number of carbonyl (C=O) groups excluding carboxylic acids is 3. The highest BCUT2D eigenvalue weighted by atomic mass is 16.2. The Morgan fingerprint density at radius 3 is 2.23 bits per heavy atom. The van der Waals surface area contributed by atoms with Crippen molar-refractivity contribution < 1.29 is 14.4 Å². The summed E-state index contributed by atoms with van der Waals surface area (Å²) in [5.74, 6) is -0.757. The molecule has 2 fully saturated rings. The topological polar surface area (TPSA) is 73.0 Å². The Bertz CT molecular complexity index is 1320. The van der Waals surface area contributed by atoms with Crippen molar-refractivity contribution in [3.05, 3.63) is 107 Å². The molecule has 0 saturated carbocycles. The number of fused-ring (bicyclic) bond motifs is 1. The molecular weight excluding hydrogens is 488 g/mol. The summed E-state index contributed by atoms with van der Waals surface area (Å²) < 4.78 is 0. The maximum Gasteiger partial charge on any atom is 0.255 e. The van der Waals surface area contributed by atoms with Gasteiger partial charge in [-0.3, -0.25) is 29.5 Å². The summed E-state index contributed by atoms with van der Waals surface area (Å²) in [6.45, 7) is 5.23. The molecule has 7 heteroatoms. The SMILES string of the molecule is O=C1CCC(N2Cc3cc(CN4CCCN(C(c5ccccc5)c5ccccc5)CC4)ccc3C2=O)C(=O)N1. The highest BCUT2D eigenvalue weighted by molar-refractivity contribution is 6.05. The standard InChI is InChI=1S/C32H34N4O3/c37-29-15-14-28(31(38)33-29)36-22-26-20-23(12-13-27(26)32(36)39)21-34-16-7-17-35(19-18-34)30(24-8-3-1-4-9-24)25-10-5-2-6-11-25/h1-6,8-13,20,28,30H,7,14-19,21-22H2,(H,33,37,38). The molecule has 200 valence electrons. The first-order chi connectivity index (χ1) is 19.1. The lowest BCUT2D eigenvalue weighted by molar-refractivity contribution is -0.136. The lowest BCUT2D eigenvalue weighted by atomic mass is 9.97. The number of piperidine rings is 1. The second-order valence-electron chi connectivity index (χ2n) is 10.8. The van der Waals surface area contributed by atoms with Gasteiger partial charge in [0, 0.05) is 44.7 Å². The minimum atomic E-state index is -0.579. The Hall–Kier alpha value is -3.81. The van der Waals surface area contributed by atoms with Crippen LogP contribution in [0.25, 0.3) is 0 Å². The van der Waals surface area contributed by atoms with E-state index in [1.165, 1.54) is 16.7 Å². The summed E-state index contributed by atoms with van der Waals surface area (Å²) in [7, 11) is 0. The number of hydrogen-bond acceptors (Lipinski definition) is 5. The van der Waals surface area contributed by atoms with E-state index in [-0.39, 0.29) is 30.2 Å². The molecule has 0 spiro atoms. The molecule has 7 nitrogen and oxygen atoms in total. The van der Waals surface area contributed by atoms with Gasteiger partial charge >= 0.3 is 0 Å². The van der Waals surface area contributed by atoms with E-state index in [0.29, 0.717) is 18.5 Å². The Labute approximate surface area is 229 Å². The van der Waals surface area contributed by atoms with Crippen LogP contribution in [-0.2, 0) is 22.7 Å². The van der Waals surface area contributed by atoms with E-state index >= 15 is 0 Å². The van der Waals surface area contributed by atoms with Gasteiger partial charge in [-0.05, 0) is 47.7 Å². The van der Waals surface area contributed by atoms with Crippen LogP contribution in [0.2, 0.25) is 0 Å². The third-order valence-corrected chi connectivity index (χ3v) is 8.21. The number of rotatable bonds is 6. The minimum absolute atomic E-state index is 0.121. The number of nitrogens with zero attached hydrogens (tertiary/aromatic N) is 3. The van der Waals surface area contributed by atoms with Gasteiger partial charge in [-0.1, -0.05) is 72.8 Å². The average Bonchev–Trinajstić information content (AvgIpc) is 3.10. The van der Waals surface area contributed by atoms with Crippen LogP contribution in [0.3, 0.4) is 0 Å². The van der Waals surface area contributed by atoms with Crippen LogP contribution in [0.15, 0.2) is 78.9 Å². The van der Waals surface area contributed by atoms with E-state index in [9.17, 15) is 14.4 Å². The van der Waals surface area contributed by atoms with Gasteiger partial charge in [0.2, 0.25) is 11.8 Å². The first-order valence-electron chi connectivity index (χ1n) is 13.9. The zero-order valence-corrected chi connectivity index (χ0v) is 22.1. The highest BCUT2D eigenvalue weighted by Gasteiger charge is 2.39. The van der Waals surface area contributed by atoms with Crippen LogP contribution in [-0.4, -0.2) is 64.6 Å². The molecular formula is C32H34N4O3. The van der Waals surface area contributed by atoms with E-state index in [1.807, 2.05) is 12.1 Å². The van der Waals surface area contributed by atoms with E-state index in [4.69, 9.17) is 0 Å². The Morgan fingerprint density at radius 1 is 0.821 bits per heavy atom. The number of carbonyl (C=O) groups is 3. The van der Waals surface area contributed by atoms with Crippen molar-refractivity contribution in [1.82, 2.24) is 20.0 Å². The van der Waals surface area contributed by atoms with Gasteiger partial charge in [0.1, 0.15) is 6.04 Å². The summed E-state index contributed by atoms with van der Waals surface area (Å²) >= 11 is 0. The number of amides is 3. The lowest BCUT2D eigenvalue weighted by Gasteiger charge is -2.31. The quantitative estimate of drug-likeness (QED) is 0.500. The molecule has 0 radical (unpaired) electrons. The molecule has 1 N–H and O–H groups in total. The van der Waals surface area contributed by atoms with Gasteiger partial charge in [-0.25, -0.2) is 0 Å². The van der Waals surface area contributed by atoms with Crippen molar-refractivity contribution in [3.8, 4) is 0 Å². The molecule has 3 heterocycles. The average molecular weight is 523 g/mol. The summed E-state index contributed by atoms with van der Waals surface area (Å²) in [4.78, 5) is 43.7. The third-order valence-electron chi connectivity index (χ3n) is 8.21. The summed E-state index contributed by atoms with van der Waals surface area (Å²) in [5, 5.41) is 2.37. The zero-order chi connectivity index (χ0) is 26.8. The van der Waals surface area contributed by atoms with Crippen LogP contribution in [0.4, 0.5) is 0 Å². The smallest absolute Gasteiger partial charge is 0.255 e. The molecule has 1 unspecified atom stereocenters. The van der Waals surface area contributed by atoms with Gasteiger partial charge in [0.05, 0.1) is 6.04 Å². The molecule has 39 heavy (non-hydrogen) atoms. The molecule has 0 bridgehead atoms. The predicted molar refractivity (Wildman–Crippen MR) is 149 cm³/mol. The molecule has 3 aliphatic heterocycles. The minimum Gasteiger partial charge on any atom is -0.322 e. The van der Waals surface area contributed by atoms with Gasteiger partial charge in [0.15, 0.2) is 0 Å². The van der Waals surface area contributed by atoms with Crippen LogP contribution in [0.5, 0.6) is 0 Å². The molecule has 3 aromatic rings. The Kier molecular flexibility index (Phi) is 7.26. The van der Waals surface area contributed by atoms with E-state index < -0.39 is 6.04 Å². The van der Waals surface area contributed by atoms with Gasteiger partial charge < -0.3 is 4.90 Å². The van der Waals surface area contributed by atoms with Crippen LogP contribution in [0.1, 0.15) is 57.9 Å². The molecule has 3 amide bonds. The maximum atomic E-state index is 13.0. The highest BCUT2D eigenvalue weighted by Crippen LogP contribution is 2.31. The maximum absolute atomic E-state index is 13.0. The normalized spacial score (nSPS) is 20.7. The number of imide groups is 1. The van der Waals surface area contributed by atoms with Crippen molar-refractivity contribution in [2.75, 3.05) is 26.2 Å². The molecule has 2 saturated heterocycles. The van der Waals surface area contributed by atoms with Crippen molar-refractivity contribution in [1.29, 1.82) is 0 Å². The Morgan fingerprint density at radius 2 is 1.54 bits per heavy atom. The third kappa shape index (κ3) is 5.37. The second-order valence-corrected chi connectivity index (χ2v) is 10.8. The number of benzene rings is 3. The van der Waals surface area contributed by atoms with Crippen molar-refractivity contribution >= 4 is 17.7 Å². The first-order valence-corrected chi connectivity index (χ1v) is 13.9. The summed E-state index contributed by atoms with van der Waals surface area (Å²) in [6, 6.07) is 27.3. The van der Waals surface area contributed by atoms with Crippen molar-refractivity contribution in [2.45, 2.75) is 44.4 Å². The number of nitrogens with one attached hydrogen (secondary N) is 1. The van der Waals surface area contributed by atoms with Gasteiger partial charge in [-0.15, -0.1) is 0 Å². The van der Waals surface area contributed by atoms with Gasteiger partial charge in [-0.2, -0.15) is 0 Å². The van der Waals surface area contributed by atoms with Crippen molar-refractivity contribution in [3.63, 3.8) is 0 Å². The predicted octanol–water partition coefficient (Wildman–Crippen LogP) is 3.74. The molecule has 6 rings (SSSR count). The fourth-order valence-electron chi connectivity index (χ4n) is 6.28. The van der Waals surface area contributed by atoms with Crippen LogP contribution in [0, 0.1) is 0 Å². The van der Waals surface area contributed by atoms with Crippen molar-refractivity contribution in [2.24, 2.45) is 0 Å². The molecule has 3 aliphatic rings. The molecule has 0 aliphatic carbocycles. The lowest BCUT2D eigenvalue weighted by Crippen LogP contribution is -2.52. The second kappa shape index (κ2) is 11.1.